The maximum atomic E-state index is 13.0. The first-order valence-corrected chi connectivity index (χ1v) is 9.69. The van der Waals surface area contributed by atoms with E-state index in [9.17, 15) is 13.2 Å². The van der Waals surface area contributed by atoms with Crippen molar-refractivity contribution in [1.82, 2.24) is 10.2 Å². The van der Waals surface area contributed by atoms with E-state index in [0.717, 1.165) is 30.0 Å². The van der Waals surface area contributed by atoms with Crippen LogP contribution in [-0.4, -0.2) is 22.3 Å². The number of hydrogen-bond acceptors (Lipinski definition) is 5. The van der Waals surface area contributed by atoms with Crippen molar-refractivity contribution in [3.63, 3.8) is 0 Å². The molecule has 0 aliphatic carbocycles. The molecule has 0 aliphatic heterocycles. The number of anilines is 1. The molecule has 2 aromatic rings. The van der Waals surface area contributed by atoms with Gasteiger partial charge in [-0.15, -0.1) is 10.2 Å². The summed E-state index contributed by atoms with van der Waals surface area (Å²) in [6, 6.07) is 2.01. The lowest BCUT2D eigenvalue weighted by atomic mass is 9.86. The number of nitrogens with one attached hydrogen (secondary N) is 1. The van der Waals surface area contributed by atoms with Crippen molar-refractivity contribution in [2.24, 2.45) is 0 Å². The van der Waals surface area contributed by atoms with Gasteiger partial charge in [-0.3, -0.25) is 0 Å². The number of thiocarbonyl (C=S) groups is 1. The first-order valence-electron chi connectivity index (χ1n) is 8.46. The molecule has 27 heavy (non-hydrogen) atoms. The summed E-state index contributed by atoms with van der Waals surface area (Å²) in [6.45, 7) is 7.88. The molecule has 148 valence electrons. The van der Waals surface area contributed by atoms with Crippen LogP contribution in [0, 0.1) is 6.92 Å². The zero-order valence-electron chi connectivity index (χ0n) is 15.8. The zero-order chi connectivity index (χ0) is 20.4. The van der Waals surface area contributed by atoms with Crippen LogP contribution >= 0.6 is 23.6 Å². The quantitative estimate of drug-likeness (QED) is 0.608. The number of benzene rings is 1. The van der Waals surface area contributed by atoms with Gasteiger partial charge < -0.3 is 10.1 Å². The summed E-state index contributed by atoms with van der Waals surface area (Å²) < 4.78 is 44.2. The van der Waals surface area contributed by atoms with Gasteiger partial charge in [0.25, 0.3) is 0 Å². The van der Waals surface area contributed by atoms with Crippen LogP contribution in [-0.2, 0) is 11.6 Å². The van der Waals surface area contributed by atoms with Crippen molar-refractivity contribution in [2.75, 3.05) is 12.4 Å². The Hall–Kier alpha value is -1.74. The second-order valence-electron chi connectivity index (χ2n) is 6.50. The van der Waals surface area contributed by atoms with Crippen molar-refractivity contribution in [3.8, 4) is 5.75 Å². The number of alkyl halides is 3. The number of rotatable bonds is 6. The lowest BCUT2D eigenvalue weighted by Crippen LogP contribution is -2.19. The van der Waals surface area contributed by atoms with Gasteiger partial charge in [0.1, 0.15) is 15.7 Å². The van der Waals surface area contributed by atoms with E-state index in [1.165, 1.54) is 18.4 Å². The first kappa shape index (κ1) is 21.6. The van der Waals surface area contributed by atoms with Crippen molar-refractivity contribution in [2.45, 2.75) is 52.1 Å². The Morgan fingerprint density at radius 2 is 1.85 bits per heavy atom. The van der Waals surface area contributed by atoms with E-state index < -0.39 is 11.7 Å². The molecule has 0 radical (unpaired) electrons. The van der Waals surface area contributed by atoms with Gasteiger partial charge >= 0.3 is 6.18 Å². The van der Waals surface area contributed by atoms with E-state index in [1.807, 2.05) is 0 Å². The van der Waals surface area contributed by atoms with Crippen LogP contribution in [0.2, 0.25) is 0 Å². The van der Waals surface area contributed by atoms with E-state index in [-0.39, 0.29) is 16.2 Å². The molecular weight excluding hydrogens is 395 g/mol. The molecular formula is C18H22F3N3OS2. The Morgan fingerprint density at radius 3 is 2.37 bits per heavy atom. The molecule has 2 rings (SSSR count). The van der Waals surface area contributed by atoms with E-state index >= 15 is 0 Å². The van der Waals surface area contributed by atoms with Gasteiger partial charge in [-0.2, -0.15) is 13.2 Å². The first-order chi connectivity index (χ1) is 12.6. The number of ether oxygens (including phenoxy) is 1. The maximum absolute atomic E-state index is 13.0. The molecule has 0 amide bonds. The average molecular weight is 418 g/mol. The molecule has 4 nitrogen and oxygen atoms in total. The van der Waals surface area contributed by atoms with Crippen LogP contribution in [0.4, 0.5) is 18.3 Å². The highest BCUT2D eigenvalue weighted by Gasteiger charge is 2.33. The Kier molecular flexibility index (Phi) is 6.47. The summed E-state index contributed by atoms with van der Waals surface area (Å²) >= 11 is 6.80. The third-order valence-corrected chi connectivity index (χ3v) is 6.25. The van der Waals surface area contributed by atoms with E-state index in [4.69, 9.17) is 17.0 Å². The van der Waals surface area contributed by atoms with Crippen molar-refractivity contribution in [1.29, 1.82) is 0 Å². The van der Waals surface area contributed by atoms with Crippen LogP contribution in [0.1, 0.15) is 55.3 Å². The van der Waals surface area contributed by atoms with E-state index in [1.54, 1.807) is 6.92 Å². The molecule has 0 saturated carbocycles. The molecule has 0 atom stereocenters. The predicted molar refractivity (Wildman–Crippen MR) is 106 cm³/mol. The zero-order valence-corrected chi connectivity index (χ0v) is 17.5. The van der Waals surface area contributed by atoms with Crippen molar-refractivity contribution >= 4 is 33.7 Å². The minimum atomic E-state index is -4.45. The fourth-order valence-corrected chi connectivity index (χ4v) is 4.06. The Morgan fingerprint density at radius 1 is 1.22 bits per heavy atom. The molecule has 0 bridgehead atoms. The van der Waals surface area contributed by atoms with E-state index in [0.29, 0.717) is 16.3 Å². The Labute approximate surface area is 166 Å². The number of halogens is 3. The van der Waals surface area contributed by atoms with Gasteiger partial charge in [0.05, 0.1) is 18.2 Å². The predicted octanol–water partition coefficient (Wildman–Crippen LogP) is 5.74. The highest BCUT2D eigenvalue weighted by Crippen LogP contribution is 2.37. The topological polar surface area (TPSA) is 47.0 Å². The van der Waals surface area contributed by atoms with Crippen LogP contribution in [0.25, 0.3) is 0 Å². The SMILES string of the molecule is CCC(C)(CC)c1nnc(NC(=S)c2c(C)cc(C(F)(F)F)cc2OC)s1. The smallest absolute Gasteiger partial charge is 0.416 e. The summed E-state index contributed by atoms with van der Waals surface area (Å²) in [5.41, 5.74) is -0.0635. The van der Waals surface area contributed by atoms with E-state index in [2.05, 4.69) is 36.3 Å². The maximum Gasteiger partial charge on any atom is 0.416 e. The second-order valence-corrected chi connectivity index (χ2v) is 7.89. The number of aryl methyl sites for hydroxylation is 1. The van der Waals surface area contributed by atoms with Crippen LogP contribution in [0.15, 0.2) is 12.1 Å². The van der Waals surface area contributed by atoms with Crippen LogP contribution < -0.4 is 10.1 Å². The summed E-state index contributed by atoms with van der Waals surface area (Å²) in [4.78, 5) is 0.246. The highest BCUT2D eigenvalue weighted by molar-refractivity contribution is 7.81. The number of hydrogen-bond donors (Lipinski definition) is 1. The van der Waals surface area contributed by atoms with Gasteiger partial charge in [0, 0.05) is 5.41 Å². The lowest BCUT2D eigenvalue weighted by Gasteiger charge is -2.22. The van der Waals surface area contributed by atoms with Crippen molar-refractivity contribution < 1.29 is 17.9 Å². The van der Waals surface area contributed by atoms with Crippen LogP contribution in [0.3, 0.4) is 0 Å². The van der Waals surface area contributed by atoms with Gasteiger partial charge in [0.15, 0.2) is 0 Å². The summed E-state index contributed by atoms with van der Waals surface area (Å²) in [7, 11) is 1.32. The number of aromatic nitrogens is 2. The molecule has 0 saturated heterocycles. The summed E-state index contributed by atoms with van der Waals surface area (Å²) in [5, 5.41) is 12.8. The minimum absolute atomic E-state index is 0.0662. The van der Waals surface area contributed by atoms with Crippen molar-refractivity contribution in [3.05, 3.63) is 33.8 Å². The second kappa shape index (κ2) is 8.10. The fourth-order valence-electron chi connectivity index (χ4n) is 2.60. The number of nitrogens with zero attached hydrogens (tertiary/aromatic N) is 2. The molecule has 1 aromatic carbocycles. The Balaban J connectivity index is 2.33. The minimum Gasteiger partial charge on any atom is -0.496 e. The summed E-state index contributed by atoms with van der Waals surface area (Å²) in [6.07, 6.45) is -2.60. The van der Waals surface area contributed by atoms with Gasteiger partial charge in [0.2, 0.25) is 5.13 Å². The molecule has 9 heteroatoms. The average Bonchev–Trinajstić information content (AvgIpc) is 3.08. The Bertz CT molecular complexity index is 830. The van der Waals surface area contributed by atoms with Gasteiger partial charge in [-0.1, -0.05) is 44.3 Å². The molecule has 0 spiro atoms. The third-order valence-electron chi connectivity index (χ3n) is 4.80. The molecule has 0 unspecified atom stereocenters. The largest absolute Gasteiger partial charge is 0.496 e. The number of methoxy groups -OCH3 is 1. The van der Waals surface area contributed by atoms with Gasteiger partial charge in [-0.05, 0) is 37.5 Å². The lowest BCUT2D eigenvalue weighted by molar-refractivity contribution is -0.137. The molecule has 1 heterocycles. The molecule has 1 aromatic heterocycles. The summed E-state index contributed by atoms with van der Waals surface area (Å²) in [5.74, 6) is 0.0662. The standard InChI is InChI=1S/C18H22F3N3OS2/c1-6-17(4,7-2)15-23-24-16(27-15)22-14(26)13-10(3)8-11(18(19,20)21)9-12(13)25-5/h8-9H,6-7H2,1-5H3,(H,22,24,26). The molecule has 1 N–H and O–H groups in total. The molecule has 0 fully saturated rings. The highest BCUT2D eigenvalue weighted by atomic mass is 32.1. The monoisotopic (exact) mass is 417 g/mol. The third kappa shape index (κ3) is 4.57. The fraction of sp³-hybridized carbons (Fsp3) is 0.500. The normalized spacial score (nSPS) is 12.1. The molecule has 0 aliphatic rings. The van der Waals surface area contributed by atoms with Crippen LogP contribution in [0.5, 0.6) is 5.75 Å². The van der Waals surface area contributed by atoms with Gasteiger partial charge in [-0.25, -0.2) is 0 Å².